The maximum atomic E-state index is 13.1. The van der Waals surface area contributed by atoms with Crippen molar-refractivity contribution in [2.24, 2.45) is 0 Å². The van der Waals surface area contributed by atoms with Crippen LogP contribution in [-0.2, 0) is 19.2 Å². The molecule has 1 aliphatic carbocycles. The van der Waals surface area contributed by atoms with Gasteiger partial charge in [-0.15, -0.1) is 0 Å². The van der Waals surface area contributed by atoms with Crippen LogP contribution in [0, 0.1) is 0 Å². The van der Waals surface area contributed by atoms with Crippen LogP contribution in [0.1, 0.15) is 93.9 Å². The Hall–Kier alpha value is -4.88. The molecule has 0 fully saturated rings. The zero-order valence-corrected chi connectivity index (χ0v) is 37.2. The number of fused-ring (bicyclic) bond motifs is 8. The van der Waals surface area contributed by atoms with Gasteiger partial charge >= 0.3 is 0 Å². The molecule has 1 aliphatic rings. The van der Waals surface area contributed by atoms with Gasteiger partial charge in [0.25, 0.3) is 0 Å². The third-order valence-corrected chi connectivity index (χ3v) is 11.4. The number of carbonyl (C=O) groups is 4. The molecule has 0 spiro atoms. The third kappa shape index (κ3) is 9.52. The second-order valence-corrected chi connectivity index (χ2v) is 15.5. The van der Waals surface area contributed by atoms with Gasteiger partial charge in [-0.2, -0.15) is 0 Å². The van der Waals surface area contributed by atoms with Crippen LogP contribution in [0.25, 0.3) is 0 Å². The molecule has 60 heavy (non-hydrogen) atoms. The Labute approximate surface area is 368 Å². The lowest BCUT2D eigenvalue weighted by Gasteiger charge is -2.30. The van der Waals surface area contributed by atoms with Gasteiger partial charge in [0.15, 0.2) is 0 Å². The van der Waals surface area contributed by atoms with E-state index in [0.717, 1.165) is 0 Å². The Balaban J connectivity index is 2.13. The normalized spacial score (nSPS) is 16.9. The monoisotopic (exact) mass is 904 g/mol. The van der Waals surface area contributed by atoms with Crippen LogP contribution < -0.4 is 37.9 Å². The van der Waals surface area contributed by atoms with Gasteiger partial charge in [-0.3, -0.25) is 19.2 Å². The summed E-state index contributed by atoms with van der Waals surface area (Å²) in [4.78, 5) is 52.3. The van der Waals surface area contributed by atoms with Crippen molar-refractivity contribution in [1.29, 1.82) is 0 Å². The van der Waals surface area contributed by atoms with E-state index in [-0.39, 0.29) is 25.7 Å². The van der Waals surface area contributed by atoms with Crippen molar-refractivity contribution in [2.45, 2.75) is 49.4 Å². The molecule has 0 atom stereocenters. The number of carbonyl (C=O) groups excluding carboxylic acids is 4. The molecule has 0 amide bonds. The summed E-state index contributed by atoms with van der Waals surface area (Å²) < 4.78 is 47.6. The maximum Gasteiger partial charge on any atom is 0.222 e. The number of halogens is 4. The van der Waals surface area contributed by atoms with Crippen LogP contribution in [-0.4, -0.2) is 77.8 Å². The van der Waals surface area contributed by atoms with Crippen molar-refractivity contribution in [3.63, 3.8) is 0 Å². The number of methoxy groups -OCH3 is 8. The molecule has 0 aliphatic heterocycles. The zero-order valence-electron chi connectivity index (χ0n) is 34.2. The van der Waals surface area contributed by atoms with Crippen LogP contribution in [0.15, 0.2) is 48.5 Å². The molecule has 320 valence electrons. The maximum absolute atomic E-state index is 13.1. The van der Waals surface area contributed by atoms with Crippen molar-refractivity contribution in [1.82, 2.24) is 0 Å². The van der Waals surface area contributed by atoms with E-state index in [4.69, 9.17) is 84.3 Å². The first-order chi connectivity index (χ1) is 28.7. The van der Waals surface area contributed by atoms with Gasteiger partial charge in [-0.05, 0) is 70.7 Å². The molecule has 0 heterocycles. The summed E-state index contributed by atoms with van der Waals surface area (Å²) in [6, 6.07) is 13.6. The van der Waals surface area contributed by atoms with Gasteiger partial charge in [-0.25, -0.2) is 0 Å². The fourth-order valence-electron chi connectivity index (χ4n) is 8.17. The summed E-state index contributed by atoms with van der Waals surface area (Å²) in [6.07, 6.45) is -1.04. The molecule has 4 aromatic rings. The zero-order chi connectivity index (χ0) is 44.0. The van der Waals surface area contributed by atoms with Crippen molar-refractivity contribution in [3.05, 3.63) is 93.0 Å². The van der Waals surface area contributed by atoms with E-state index in [1.165, 1.54) is 56.9 Å². The summed E-state index contributed by atoms with van der Waals surface area (Å²) in [5.74, 6) is -0.994. The van der Waals surface area contributed by atoms with Gasteiger partial charge in [0, 0.05) is 118 Å². The largest absolute Gasteiger partial charge is 0.496 e. The standard InChI is InChI=1S/C44H44Cl4O12/c1-53-33-17-34(54-2)26-9-25(33)21(13-41(45)49)27-10-28(36(56-4)18-35(27)55-3)23(15-43(47)51)31-12-32(40(60-8)20-39(31)59-7)24(16-44(48)52)30-11-29(22(26)14-42(46)50)37(57-5)19-38(30)58-6/h9-12,17-24H,13-16H2,1-8H3. The molecule has 0 aromatic heterocycles. The lowest BCUT2D eigenvalue weighted by atomic mass is 9.77. The van der Waals surface area contributed by atoms with Gasteiger partial charge in [0.1, 0.15) is 46.0 Å². The topological polar surface area (TPSA) is 142 Å². The van der Waals surface area contributed by atoms with Gasteiger partial charge in [0.2, 0.25) is 21.0 Å². The molecular weight excluding hydrogens is 862 g/mol. The fraction of sp³-hybridized carbons (Fsp3) is 0.364. The lowest BCUT2D eigenvalue weighted by Crippen LogP contribution is -2.16. The summed E-state index contributed by atoms with van der Waals surface area (Å²) >= 11 is 25.0. The minimum atomic E-state index is -0.873. The Morgan fingerprint density at radius 1 is 0.317 bits per heavy atom. The molecule has 0 N–H and O–H groups in total. The molecular formula is C44H44Cl4O12. The van der Waals surface area contributed by atoms with Crippen molar-refractivity contribution in [3.8, 4) is 46.0 Å². The van der Waals surface area contributed by atoms with E-state index in [0.29, 0.717) is 90.5 Å². The molecule has 8 bridgehead atoms. The number of rotatable bonds is 16. The predicted octanol–water partition coefficient (Wildman–Crippen LogP) is 9.22. The van der Waals surface area contributed by atoms with Crippen LogP contribution in [0.5, 0.6) is 46.0 Å². The summed E-state index contributed by atoms with van der Waals surface area (Å²) in [7, 11) is 11.7. The molecule has 0 saturated heterocycles. The molecule has 4 aromatic carbocycles. The molecule has 0 saturated carbocycles. The highest BCUT2D eigenvalue weighted by atomic mass is 35.5. The van der Waals surface area contributed by atoms with E-state index < -0.39 is 44.6 Å². The highest BCUT2D eigenvalue weighted by molar-refractivity contribution is 6.64. The SMILES string of the molecule is COc1cc(OC)c2cc1C(CC(=O)Cl)c1cc(c(OC)cc1OC)C(CC(=O)Cl)c1cc(c(OC)cc1OC)C(CC(=O)Cl)c1cc(c(OC)cc1OC)C2CC(=O)Cl. The molecule has 12 nitrogen and oxygen atoms in total. The van der Waals surface area contributed by atoms with Gasteiger partial charge in [-0.1, -0.05) is 0 Å². The summed E-state index contributed by atoms with van der Waals surface area (Å²) in [6.45, 7) is 0. The second-order valence-electron chi connectivity index (χ2n) is 13.8. The van der Waals surface area contributed by atoms with Crippen LogP contribution in [0.2, 0.25) is 0 Å². The molecule has 5 rings (SSSR count). The van der Waals surface area contributed by atoms with Gasteiger partial charge < -0.3 is 37.9 Å². The van der Waals surface area contributed by atoms with Crippen LogP contribution >= 0.6 is 46.4 Å². The first-order valence-electron chi connectivity index (χ1n) is 18.4. The van der Waals surface area contributed by atoms with E-state index in [9.17, 15) is 19.2 Å². The molecule has 0 radical (unpaired) electrons. The minimum absolute atomic E-state index is 0.260. The van der Waals surface area contributed by atoms with E-state index in [1.54, 1.807) is 48.5 Å². The second kappa shape index (κ2) is 20.1. The van der Waals surface area contributed by atoms with Crippen molar-refractivity contribution >= 4 is 67.4 Å². The summed E-state index contributed by atoms with van der Waals surface area (Å²) in [5, 5.41) is -2.74. The summed E-state index contributed by atoms with van der Waals surface area (Å²) in [5.41, 5.74) is 3.69. The van der Waals surface area contributed by atoms with Crippen molar-refractivity contribution in [2.75, 3.05) is 56.9 Å². The van der Waals surface area contributed by atoms with Crippen molar-refractivity contribution < 1.29 is 57.1 Å². The average molecular weight is 907 g/mol. The molecule has 0 unspecified atom stereocenters. The average Bonchev–Trinajstić information content (AvgIpc) is 3.23. The Morgan fingerprint density at radius 3 is 0.550 bits per heavy atom. The Kier molecular flexibility index (Phi) is 15.5. The van der Waals surface area contributed by atoms with E-state index in [1.807, 2.05) is 0 Å². The first-order valence-corrected chi connectivity index (χ1v) is 20.0. The highest BCUT2D eigenvalue weighted by Crippen LogP contribution is 2.53. The number of benzene rings is 4. The lowest BCUT2D eigenvalue weighted by molar-refractivity contribution is -0.112. The Bertz CT molecular complexity index is 1870. The van der Waals surface area contributed by atoms with Crippen LogP contribution in [0.3, 0.4) is 0 Å². The van der Waals surface area contributed by atoms with Gasteiger partial charge in [0.05, 0.1) is 56.9 Å². The van der Waals surface area contributed by atoms with E-state index >= 15 is 0 Å². The van der Waals surface area contributed by atoms with Crippen LogP contribution in [0.4, 0.5) is 0 Å². The Morgan fingerprint density at radius 2 is 0.450 bits per heavy atom. The third-order valence-electron chi connectivity index (χ3n) is 10.8. The number of hydrogen-bond donors (Lipinski definition) is 0. The quantitative estimate of drug-likeness (QED) is 0.0990. The molecule has 16 heteroatoms. The smallest absolute Gasteiger partial charge is 0.222 e. The number of ether oxygens (including phenoxy) is 8. The highest BCUT2D eigenvalue weighted by Gasteiger charge is 2.36. The minimum Gasteiger partial charge on any atom is -0.496 e. The predicted molar refractivity (Wildman–Crippen MR) is 227 cm³/mol. The fourth-order valence-corrected chi connectivity index (χ4v) is 8.78. The first kappa shape index (κ1) is 46.2. The number of hydrogen-bond acceptors (Lipinski definition) is 12. The van der Waals surface area contributed by atoms with E-state index in [2.05, 4.69) is 0 Å².